The zero-order chi connectivity index (χ0) is 17.2. The molecule has 2 aromatic carbocycles. The van der Waals surface area contributed by atoms with Gasteiger partial charge in [0.05, 0.1) is 4.90 Å². The summed E-state index contributed by atoms with van der Waals surface area (Å²) in [5.41, 5.74) is 1.37. The summed E-state index contributed by atoms with van der Waals surface area (Å²) in [4.78, 5) is 14.6. The number of nitrogens with two attached hydrogens (primary N) is 1. The van der Waals surface area contributed by atoms with Crippen molar-refractivity contribution in [3.05, 3.63) is 54.1 Å². The number of sulfonamides is 1. The summed E-state index contributed by atoms with van der Waals surface area (Å²) in [5, 5.41) is 8.57. The van der Waals surface area contributed by atoms with Gasteiger partial charge in [0.1, 0.15) is 0 Å². The van der Waals surface area contributed by atoms with Gasteiger partial charge in [0.25, 0.3) is 5.91 Å². The molecule has 1 heterocycles. The van der Waals surface area contributed by atoms with Crippen molar-refractivity contribution in [3.8, 4) is 11.1 Å². The van der Waals surface area contributed by atoms with E-state index in [4.69, 9.17) is 5.14 Å². The zero-order valence-corrected chi connectivity index (χ0v) is 13.9. The van der Waals surface area contributed by atoms with Crippen LogP contribution < -0.4 is 10.5 Å². The first-order valence-corrected chi connectivity index (χ1v) is 9.24. The van der Waals surface area contributed by atoms with Crippen LogP contribution >= 0.6 is 0 Å². The summed E-state index contributed by atoms with van der Waals surface area (Å²) in [5.74, 6) is -0.180. The van der Waals surface area contributed by atoms with Crippen molar-refractivity contribution in [2.45, 2.75) is 4.90 Å². The molecule has 1 aliphatic rings. The molecule has 0 bridgehead atoms. The number of carbonyl (C=O) groups excluding carboxylic acids is 1. The lowest BCUT2D eigenvalue weighted by molar-refractivity contribution is 0.0736. The lowest BCUT2D eigenvalue weighted by Gasteiger charge is -2.28. The summed E-state index contributed by atoms with van der Waals surface area (Å²) >= 11 is 0. The molecule has 3 N–H and O–H groups in total. The largest absolute Gasteiger partial charge is 0.336 e. The minimum atomic E-state index is -3.95. The molecule has 0 saturated carbocycles. The van der Waals surface area contributed by atoms with Crippen LogP contribution in [0.15, 0.2) is 53.4 Å². The summed E-state index contributed by atoms with van der Waals surface area (Å²) in [6.45, 7) is 2.63. The second-order valence-electron chi connectivity index (χ2n) is 5.63. The van der Waals surface area contributed by atoms with E-state index in [0.29, 0.717) is 29.8 Å². The third kappa shape index (κ3) is 3.33. The fourth-order valence-corrected chi connectivity index (χ4v) is 3.67. The maximum Gasteiger partial charge on any atom is 0.254 e. The molecule has 0 radical (unpaired) electrons. The van der Waals surface area contributed by atoms with Gasteiger partial charge in [-0.25, -0.2) is 13.6 Å². The Hall–Kier alpha value is -2.22. The van der Waals surface area contributed by atoms with Crippen molar-refractivity contribution in [1.29, 1.82) is 0 Å². The van der Waals surface area contributed by atoms with E-state index in [-0.39, 0.29) is 10.8 Å². The second-order valence-corrected chi connectivity index (χ2v) is 7.16. The van der Waals surface area contributed by atoms with E-state index in [1.54, 1.807) is 41.3 Å². The van der Waals surface area contributed by atoms with Gasteiger partial charge in [0.15, 0.2) is 0 Å². The van der Waals surface area contributed by atoms with Crippen LogP contribution in [-0.2, 0) is 10.0 Å². The number of carbonyl (C=O) groups is 1. The molecular weight excluding hydrogens is 326 g/mol. The molecular formula is C17H19N3O3S. The molecule has 24 heavy (non-hydrogen) atoms. The summed E-state index contributed by atoms with van der Waals surface area (Å²) in [6.07, 6.45) is 0. The van der Waals surface area contributed by atoms with Crippen LogP contribution in [0.5, 0.6) is 0 Å². The summed E-state index contributed by atoms with van der Waals surface area (Å²) < 4.78 is 24.0. The third-order valence-electron chi connectivity index (χ3n) is 4.03. The van der Waals surface area contributed by atoms with Crippen molar-refractivity contribution in [2.75, 3.05) is 26.2 Å². The highest BCUT2D eigenvalue weighted by atomic mass is 32.2. The maximum atomic E-state index is 12.9. The number of primary sulfonamides is 1. The van der Waals surface area contributed by atoms with Crippen molar-refractivity contribution >= 4 is 15.9 Å². The van der Waals surface area contributed by atoms with E-state index in [1.807, 2.05) is 6.07 Å². The predicted molar refractivity (Wildman–Crippen MR) is 92.0 cm³/mol. The van der Waals surface area contributed by atoms with Gasteiger partial charge in [-0.1, -0.05) is 36.4 Å². The monoisotopic (exact) mass is 345 g/mol. The van der Waals surface area contributed by atoms with E-state index >= 15 is 0 Å². The normalized spacial score (nSPS) is 15.3. The van der Waals surface area contributed by atoms with Gasteiger partial charge >= 0.3 is 0 Å². The van der Waals surface area contributed by atoms with Crippen molar-refractivity contribution < 1.29 is 13.2 Å². The number of rotatable bonds is 3. The minimum absolute atomic E-state index is 0.0327. The van der Waals surface area contributed by atoms with E-state index in [0.717, 1.165) is 13.1 Å². The van der Waals surface area contributed by atoms with Crippen molar-refractivity contribution in [2.24, 2.45) is 5.14 Å². The van der Waals surface area contributed by atoms with E-state index < -0.39 is 10.0 Å². The number of hydrogen-bond acceptors (Lipinski definition) is 4. The Labute approximate surface area is 141 Å². The fourth-order valence-electron chi connectivity index (χ4n) is 2.89. The molecule has 6 nitrogen and oxygen atoms in total. The Morgan fingerprint density at radius 1 is 1.00 bits per heavy atom. The van der Waals surface area contributed by atoms with Crippen LogP contribution in [0.2, 0.25) is 0 Å². The smallest absolute Gasteiger partial charge is 0.254 e. The van der Waals surface area contributed by atoms with Crippen molar-refractivity contribution in [3.63, 3.8) is 0 Å². The summed E-state index contributed by atoms with van der Waals surface area (Å²) in [7, 11) is -3.95. The van der Waals surface area contributed by atoms with Gasteiger partial charge in [-0.3, -0.25) is 4.79 Å². The molecule has 1 aliphatic heterocycles. The lowest BCUT2D eigenvalue weighted by atomic mass is 9.98. The molecule has 3 rings (SSSR count). The van der Waals surface area contributed by atoms with Crippen LogP contribution in [-0.4, -0.2) is 45.4 Å². The van der Waals surface area contributed by atoms with Gasteiger partial charge in [0.2, 0.25) is 10.0 Å². The molecule has 1 saturated heterocycles. The number of nitrogens with zero attached hydrogens (tertiary/aromatic N) is 1. The highest BCUT2D eigenvalue weighted by Gasteiger charge is 2.25. The number of piperazine rings is 1. The maximum absolute atomic E-state index is 12.9. The molecule has 0 aromatic heterocycles. The van der Waals surface area contributed by atoms with Gasteiger partial charge in [-0.05, 0) is 17.7 Å². The molecule has 126 valence electrons. The number of hydrogen-bond donors (Lipinski definition) is 2. The quantitative estimate of drug-likeness (QED) is 0.869. The average Bonchev–Trinajstić information content (AvgIpc) is 2.61. The SMILES string of the molecule is NS(=O)(=O)c1cccc(C(=O)N2CCNCC2)c1-c1ccccc1. The minimum Gasteiger partial charge on any atom is -0.336 e. The van der Waals surface area contributed by atoms with Gasteiger partial charge in [-0.2, -0.15) is 0 Å². The molecule has 1 amide bonds. The standard InChI is InChI=1S/C17H19N3O3S/c18-24(22,23)15-8-4-7-14(16(15)13-5-2-1-3-6-13)17(21)20-11-9-19-10-12-20/h1-8,19H,9-12H2,(H2,18,22,23). The predicted octanol–water partition coefficient (Wildman–Crippen LogP) is 1.05. The fraction of sp³-hybridized carbons (Fsp3) is 0.235. The third-order valence-corrected chi connectivity index (χ3v) is 4.98. The highest BCUT2D eigenvalue weighted by Crippen LogP contribution is 2.31. The lowest BCUT2D eigenvalue weighted by Crippen LogP contribution is -2.46. The molecule has 2 aromatic rings. The Balaban J connectivity index is 2.17. The number of benzene rings is 2. The second kappa shape index (κ2) is 6.72. The first-order chi connectivity index (χ1) is 11.5. The summed E-state index contributed by atoms with van der Waals surface area (Å²) in [6, 6.07) is 13.6. The van der Waals surface area contributed by atoms with Gasteiger partial charge in [-0.15, -0.1) is 0 Å². The zero-order valence-electron chi connectivity index (χ0n) is 13.1. The van der Waals surface area contributed by atoms with Crippen molar-refractivity contribution in [1.82, 2.24) is 10.2 Å². The van der Waals surface area contributed by atoms with Crippen LogP contribution in [0, 0.1) is 0 Å². The molecule has 1 fully saturated rings. The van der Waals surface area contributed by atoms with Gasteiger partial charge < -0.3 is 10.2 Å². The average molecular weight is 345 g/mol. The first kappa shape index (κ1) is 16.6. The Morgan fingerprint density at radius 2 is 1.67 bits per heavy atom. The Bertz CT molecular complexity index is 845. The van der Waals surface area contributed by atoms with E-state index in [2.05, 4.69) is 5.32 Å². The van der Waals surface area contributed by atoms with Crippen LogP contribution in [0.3, 0.4) is 0 Å². The Morgan fingerprint density at radius 3 is 2.29 bits per heavy atom. The van der Waals surface area contributed by atoms with Crippen LogP contribution in [0.25, 0.3) is 11.1 Å². The number of amides is 1. The first-order valence-electron chi connectivity index (χ1n) is 7.70. The highest BCUT2D eigenvalue weighted by molar-refractivity contribution is 7.89. The van der Waals surface area contributed by atoms with Gasteiger partial charge in [0, 0.05) is 37.3 Å². The van der Waals surface area contributed by atoms with Crippen LogP contribution in [0.1, 0.15) is 10.4 Å². The Kier molecular flexibility index (Phi) is 4.66. The molecule has 7 heteroatoms. The molecule has 0 atom stereocenters. The van der Waals surface area contributed by atoms with E-state index in [1.165, 1.54) is 6.07 Å². The molecule has 0 spiro atoms. The van der Waals surface area contributed by atoms with E-state index in [9.17, 15) is 13.2 Å². The number of nitrogens with one attached hydrogen (secondary N) is 1. The molecule has 0 aliphatic carbocycles. The van der Waals surface area contributed by atoms with Crippen LogP contribution in [0.4, 0.5) is 0 Å². The topological polar surface area (TPSA) is 92.5 Å². The molecule has 0 unspecified atom stereocenters.